The highest BCUT2D eigenvalue weighted by Crippen LogP contribution is 2.40. The molecule has 0 saturated carbocycles. The van der Waals surface area contributed by atoms with Crippen molar-refractivity contribution in [2.24, 2.45) is 7.05 Å². The van der Waals surface area contributed by atoms with Gasteiger partial charge in [-0.3, -0.25) is 0 Å². The molecule has 0 N–H and O–H groups in total. The second-order valence-corrected chi connectivity index (χ2v) is 13.8. The highest BCUT2D eigenvalue weighted by atomic mass is 28.4. The largest absolute Gasteiger partial charge is 0.533 e. The van der Waals surface area contributed by atoms with Gasteiger partial charge in [-0.15, -0.1) is 0 Å². The van der Waals surface area contributed by atoms with E-state index >= 15 is 0 Å². The van der Waals surface area contributed by atoms with Crippen LogP contribution in [0.25, 0.3) is 11.0 Å². The lowest BCUT2D eigenvalue weighted by Crippen LogP contribution is -2.69. The van der Waals surface area contributed by atoms with Gasteiger partial charge in [0, 0.05) is 13.1 Å². The predicted octanol–water partition coefficient (Wildman–Crippen LogP) is 5.00. The number of carbonyl (C=O) groups is 1. The molecule has 5 nitrogen and oxygen atoms in total. The normalized spacial score (nSPS) is 12.1. The predicted molar refractivity (Wildman–Crippen MR) is 140 cm³/mol. The van der Waals surface area contributed by atoms with E-state index in [4.69, 9.17) is 9.16 Å². The van der Waals surface area contributed by atoms with Gasteiger partial charge in [0.05, 0.1) is 24.0 Å². The van der Waals surface area contributed by atoms with Crippen molar-refractivity contribution in [1.82, 2.24) is 9.55 Å². The molecule has 0 aliphatic rings. The monoisotopic (exact) mass is 472 g/mol. The van der Waals surface area contributed by atoms with E-state index in [0.29, 0.717) is 11.3 Å². The lowest BCUT2D eigenvalue weighted by Gasteiger charge is -2.43. The number of fused-ring (bicyclic) bond motifs is 1. The van der Waals surface area contributed by atoms with Crippen LogP contribution >= 0.6 is 0 Å². The third-order valence-electron chi connectivity index (χ3n) is 6.39. The minimum absolute atomic E-state index is 0.239. The van der Waals surface area contributed by atoms with E-state index in [1.807, 2.05) is 43.7 Å². The Morgan fingerprint density at radius 3 is 2.06 bits per heavy atom. The van der Waals surface area contributed by atoms with E-state index in [9.17, 15) is 4.79 Å². The molecule has 4 rings (SSSR count). The number of aromatic nitrogens is 2. The molecule has 0 amide bonds. The minimum Gasteiger partial charge on any atom is -0.533 e. The summed E-state index contributed by atoms with van der Waals surface area (Å²) in [6.07, 6.45) is 1.76. The average Bonchev–Trinajstić information content (AvgIpc) is 3.19. The summed E-state index contributed by atoms with van der Waals surface area (Å²) in [5.74, 6) is 0.154. The number of hydrogen-bond donors (Lipinski definition) is 0. The number of imidazole rings is 1. The van der Waals surface area contributed by atoms with Crippen molar-refractivity contribution in [2.75, 3.05) is 6.61 Å². The van der Waals surface area contributed by atoms with Gasteiger partial charge in [0.15, 0.2) is 0 Å². The lowest BCUT2D eigenvalue weighted by atomic mass is 10.1. The van der Waals surface area contributed by atoms with Crippen molar-refractivity contribution in [3.05, 3.63) is 84.2 Å². The molecular weight excluding hydrogens is 440 g/mol. The van der Waals surface area contributed by atoms with Gasteiger partial charge in [-0.05, 0) is 34.8 Å². The van der Waals surface area contributed by atoms with Gasteiger partial charge in [-0.2, -0.15) is 0 Å². The molecule has 6 heteroatoms. The van der Waals surface area contributed by atoms with E-state index in [-0.39, 0.29) is 17.6 Å². The standard InChI is InChI=1S/C28H32N2O3Si/c1-7-32-27(31)25-20(2)26-23(30(6)19-29-26)18-24(25)33-34(28(3,4)5,21-14-10-8-11-15-21)22-16-12-9-13-17-22/h8-19H,7H2,1-6H3. The van der Waals surface area contributed by atoms with Gasteiger partial charge in [-0.25, -0.2) is 9.78 Å². The summed E-state index contributed by atoms with van der Waals surface area (Å²) in [5, 5.41) is 2.05. The fourth-order valence-electron chi connectivity index (χ4n) is 4.75. The fraction of sp³-hybridized carbons (Fsp3) is 0.286. The number of rotatable bonds is 6. The molecule has 34 heavy (non-hydrogen) atoms. The SMILES string of the molecule is CCOC(=O)c1c(O[Si](c2ccccc2)(c2ccccc2)C(C)(C)C)cc2c(ncn2C)c1C. The average molecular weight is 473 g/mol. The quantitative estimate of drug-likeness (QED) is 0.293. The molecule has 0 aliphatic heterocycles. The van der Waals surface area contributed by atoms with Crippen molar-refractivity contribution in [1.29, 1.82) is 0 Å². The van der Waals surface area contributed by atoms with E-state index in [2.05, 4.69) is 74.3 Å². The van der Waals surface area contributed by atoms with Crippen LogP contribution in [-0.2, 0) is 11.8 Å². The van der Waals surface area contributed by atoms with E-state index in [1.165, 1.54) is 0 Å². The first-order chi connectivity index (χ1) is 16.2. The maximum absolute atomic E-state index is 13.2. The lowest BCUT2D eigenvalue weighted by molar-refractivity contribution is 0.0523. The van der Waals surface area contributed by atoms with Crippen LogP contribution in [0.15, 0.2) is 73.1 Å². The Hall–Kier alpha value is -3.38. The number of nitrogens with zero attached hydrogens (tertiary/aromatic N) is 2. The number of esters is 1. The highest BCUT2D eigenvalue weighted by Gasteiger charge is 2.52. The van der Waals surface area contributed by atoms with E-state index < -0.39 is 8.32 Å². The van der Waals surface area contributed by atoms with Gasteiger partial charge in [0.25, 0.3) is 0 Å². The van der Waals surface area contributed by atoms with Gasteiger partial charge >= 0.3 is 14.3 Å². The van der Waals surface area contributed by atoms with Crippen LogP contribution in [0.5, 0.6) is 5.75 Å². The molecular formula is C28H32N2O3Si. The molecule has 0 unspecified atom stereocenters. The van der Waals surface area contributed by atoms with Gasteiger partial charge < -0.3 is 13.7 Å². The Bertz CT molecular complexity index is 1270. The first kappa shape index (κ1) is 23.8. The van der Waals surface area contributed by atoms with Crippen LogP contribution in [0.2, 0.25) is 5.04 Å². The summed E-state index contributed by atoms with van der Waals surface area (Å²) in [5.41, 5.74) is 2.91. The first-order valence-electron chi connectivity index (χ1n) is 11.6. The van der Waals surface area contributed by atoms with Crippen LogP contribution < -0.4 is 14.8 Å². The van der Waals surface area contributed by atoms with Crippen LogP contribution in [0.4, 0.5) is 0 Å². The van der Waals surface area contributed by atoms with Gasteiger partial charge in [-0.1, -0.05) is 81.4 Å². The summed E-state index contributed by atoms with van der Waals surface area (Å²) < 4.78 is 14.7. The number of hydrogen-bond acceptors (Lipinski definition) is 4. The van der Waals surface area contributed by atoms with Crippen molar-refractivity contribution >= 4 is 35.7 Å². The Labute approximate surface area is 202 Å². The molecule has 1 heterocycles. The Balaban J connectivity index is 2.06. The van der Waals surface area contributed by atoms with E-state index in [1.54, 1.807) is 6.33 Å². The van der Waals surface area contributed by atoms with Crippen molar-refractivity contribution in [3.63, 3.8) is 0 Å². The third-order valence-corrected chi connectivity index (χ3v) is 11.3. The molecule has 0 atom stereocenters. The molecule has 176 valence electrons. The molecule has 0 saturated heterocycles. The molecule has 0 bridgehead atoms. The number of carbonyl (C=O) groups excluding carboxylic acids is 1. The van der Waals surface area contributed by atoms with Crippen LogP contribution in [0.1, 0.15) is 43.6 Å². The summed E-state index contributed by atoms with van der Waals surface area (Å²) in [4.78, 5) is 17.8. The van der Waals surface area contributed by atoms with Gasteiger partial charge in [0.1, 0.15) is 11.3 Å². The summed E-state index contributed by atoms with van der Waals surface area (Å²) in [6, 6.07) is 22.8. The molecule has 4 aromatic rings. The number of aryl methyl sites for hydroxylation is 2. The zero-order valence-corrected chi connectivity index (χ0v) is 21.8. The molecule has 0 spiro atoms. The second-order valence-electron chi connectivity index (χ2n) is 9.58. The number of ether oxygens (including phenoxy) is 1. The van der Waals surface area contributed by atoms with Crippen molar-refractivity contribution < 1.29 is 14.0 Å². The maximum Gasteiger partial charge on any atom is 0.342 e. The van der Waals surface area contributed by atoms with Gasteiger partial charge in [0.2, 0.25) is 0 Å². The topological polar surface area (TPSA) is 53.4 Å². The Morgan fingerprint density at radius 1 is 1.00 bits per heavy atom. The zero-order chi connectivity index (χ0) is 24.5. The smallest absolute Gasteiger partial charge is 0.342 e. The highest BCUT2D eigenvalue weighted by molar-refractivity contribution is 7.00. The zero-order valence-electron chi connectivity index (χ0n) is 20.8. The molecule has 0 fully saturated rings. The van der Waals surface area contributed by atoms with E-state index in [0.717, 1.165) is 27.0 Å². The van der Waals surface area contributed by atoms with Crippen LogP contribution in [-0.4, -0.2) is 30.4 Å². The molecule has 0 aliphatic carbocycles. The third kappa shape index (κ3) is 3.92. The number of benzene rings is 3. The Kier molecular flexibility index (Phi) is 6.36. The molecule has 1 aromatic heterocycles. The summed E-state index contributed by atoms with van der Waals surface area (Å²) >= 11 is 0. The molecule has 0 radical (unpaired) electrons. The van der Waals surface area contributed by atoms with Crippen molar-refractivity contribution in [2.45, 2.75) is 39.7 Å². The second kappa shape index (κ2) is 9.10. The Morgan fingerprint density at radius 2 is 1.56 bits per heavy atom. The fourth-order valence-corrected chi connectivity index (χ4v) is 9.17. The summed E-state index contributed by atoms with van der Waals surface area (Å²) in [7, 11) is -0.985. The first-order valence-corrected chi connectivity index (χ1v) is 13.5. The minimum atomic E-state index is -2.94. The van der Waals surface area contributed by atoms with Crippen LogP contribution in [0, 0.1) is 6.92 Å². The van der Waals surface area contributed by atoms with Crippen LogP contribution in [0.3, 0.4) is 0 Å². The summed E-state index contributed by atoms with van der Waals surface area (Å²) in [6.45, 7) is 10.7. The molecule has 3 aromatic carbocycles. The maximum atomic E-state index is 13.2. The van der Waals surface area contributed by atoms with Crippen molar-refractivity contribution in [3.8, 4) is 5.75 Å².